The Hall–Kier alpha value is -2.43. The molecule has 5 nitrogen and oxygen atoms in total. The van der Waals surface area contributed by atoms with E-state index in [4.69, 9.17) is 0 Å². The normalized spacial score (nSPS) is 21.0. The molecule has 0 saturated carbocycles. The van der Waals surface area contributed by atoms with Crippen LogP contribution >= 0.6 is 0 Å². The van der Waals surface area contributed by atoms with Crippen LogP contribution in [-0.2, 0) is 13.0 Å². The molecule has 130 valence electrons. The zero-order chi connectivity index (χ0) is 17.1. The second-order valence-electron chi connectivity index (χ2n) is 6.97. The number of rotatable bonds is 0. The summed E-state index contributed by atoms with van der Waals surface area (Å²) in [6.07, 6.45) is 8.25. The molecule has 2 aliphatic heterocycles. The zero-order valence-corrected chi connectivity index (χ0v) is 14.4. The number of hydrogen-bond acceptors (Lipinski definition) is 4. The Kier molecular flexibility index (Phi) is 4.63. The molecule has 1 aromatic heterocycles. The van der Waals surface area contributed by atoms with Gasteiger partial charge in [0.1, 0.15) is 0 Å². The molecule has 1 N–H and O–H groups in total. The molecule has 0 radical (unpaired) electrons. The van der Waals surface area contributed by atoms with Crippen LogP contribution in [0.15, 0.2) is 36.5 Å². The first-order valence-corrected chi connectivity index (χ1v) is 9.25. The number of hydrogen-bond donors (Lipinski definition) is 1. The van der Waals surface area contributed by atoms with Crippen molar-refractivity contribution in [2.45, 2.75) is 51.1 Å². The predicted molar refractivity (Wildman–Crippen MR) is 97.4 cm³/mol. The summed E-state index contributed by atoms with van der Waals surface area (Å²) in [7, 11) is 0. The summed E-state index contributed by atoms with van der Waals surface area (Å²) in [5.74, 6) is 0.831. The SMILES string of the molecule is O=C1c2cccc(c2)CNc2nccc(n2)CCC2CCCCCN12. The van der Waals surface area contributed by atoms with Crippen molar-refractivity contribution in [3.63, 3.8) is 0 Å². The molecule has 1 unspecified atom stereocenters. The number of nitrogens with zero attached hydrogens (tertiary/aromatic N) is 3. The average Bonchev–Trinajstić information content (AvgIpc) is 2.89. The maximum Gasteiger partial charge on any atom is 0.254 e. The van der Waals surface area contributed by atoms with Crippen LogP contribution in [-0.4, -0.2) is 33.4 Å². The summed E-state index contributed by atoms with van der Waals surface area (Å²) in [5, 5.41) is 3.27. The summed E-state index contributed by atoms with van der Waals surface area (Å²) in [5.41, 5.74) is 2.91. The highest BCUT2D eigenvalue weighted by atomic mass is 16.2. The lowest BCUT2D eigenvalue weighted by atomic mass is 10.0. The molecule has 5 heteroatoms. The van der Waals surface area contributed by atoms with Gasteiger partial charge in [-0.3, -0.25) is 4.79 Å². The van der Waals surface area contributed by atoms with Gasteiger partial charge in [0.15, 0.2) is 0 Å². The second-order valence-corrected chi connectivity index (χ2v) is 6.97. The highest BCUT2D eigenvalue weighted by molar-refractivity contribution is 5.94. The first kappa shape index (κ1) is 16.1. The molecule has 0 aliphatic carbocycles. The van der Waals surface area contributed by atoms with Crippen molar-refractivity contribution < 1.29 is 4.79 Å². The smallest absolute Gasteiger partial charge is 0.254 e. The van der Waals surface area contributed by atoms with Gasteiger partial charge in [-0.25, -0.2) is 9.97 Å². The van der Waals surface area contributed by atoms with Crippen LogP contribution in [0.5, 0.6) is 0 Å². The van der Waals surface area contributed by atoms with E-state index in [-0.39, 0.29) is 5.91 Å². The molecule has 1 amide bonds. The van der Waals surface area contributed by atoms with Gasteiger partial charge < -0.3 is 10.2 Å². The van der Waals surface area contributed by atoms with Crippen molar-refractivity contribution in [1.82, 2.24) is 14.9 Å². The van der Waals surface area contributed by atoms with Crippen LogP contribution in [0.25, 0.3) is 0 Å². The average molecular weight is 336 g/mol. The molecular weight excluding hydrogens is 312 g/mol. The number of aryl methyl sites for hydroxylation is 1. The molecule has 2 aromatic rings. The third kappa shape index (κ3) is 3.65. The fraction of sp³-hybridized carbons (Fsp3) is 0.450. The Morgan fingerprint density at radius 3 is 3.04 bits per heavy atom. The monoisotopic (exact) mass is 336 g/mol. The van der Waals surface area contributed by atoms with Gasteiger partial charge in [-0.15, -0.1) is 0 Å². The minimum Gasteiger partial charge on any atom is -0.350 e. The third-order valence-electron chi connectivity index (χ3n) is 5.21. The number of fused-ring (bicyclic) bond motifs is 5. The number of carbonyl (C=O) groups is 1. The van der Waals surface area contributed by atoms with E-state index in [0.717, 1.165) is 49.0 Å². The lowest BCUT2D eigenvalue weighted by molar-refractivity contribution is 0.0673. The first-order chi connectivity index (χ1) is 12.3. The van der Waals surface area contributed by atoms with Crippen molar-refractivity contribution in [3.8, 4) is 0 Å². The Labute approximate surface area is 148 Å². The molecule has 1 saturated heterocycles. The molecule has 0 spiro atoms. The molecule has 4 bridgehead atoms. The lowest BCUT2D eigenvalue weighted by Crippen LogP contribution is -2.40. The molecule has 4 rings (SSSR count). The largest absolute Gasteiger partial charge is 0.350 e. The Balaban J connectivity index is 1.71. The summed E-state index contributed by atoms with van der Waals surface area (Å²) in [6, 6.07) is 10.2. The third-order valence-corrected chi connectivity index (χ3v) is 5.21. The van der Waals surface area contributed by atoms with Crippen LogP contribution in [0.1, 0.15) is 53.7 Å². The predicted octanol–water partition coefficient (Wildman–Crippen LogP) is 3.42. The highest BCUT2D eigenvalue weighted by Crippen LogP contribution is 2.24. The van der Waals surface area contributed by atoms with Crippen molar-refractivity contribution >= 4 is 11.9 Å². The van der Waals surface area contributed by atoms with E-state index < -0.39 is 0 Å². The maximum absolute atomic E-state index is 13.2. The van der Waals surface area contributed by atoms with Gasteiger partial charge in [-0.1, -0.05) is 25.0 Å². The zero-order valence-electron chi connectivity index (χ0n) is 14.4. The minimum absolute atomic E-state index is 0.172. The molecule has 1 fully saturated rings. The summed E-state index contributed by atoms with van der Waals surface area (Å²) < 4.78 is 0. The molecular formula is C20H24N4O. The summed E-state index contributed by atoms with van der Waals surface area (Å²) >= 11 is 0. The number of aromatic nitrogens is 2. The quantitative estimate of drug-likeness (QED) is 0.801. The van der Waals surface area contributed by atoms with Gasteiger partial charge in [-0.05, 0) is 49.4 Å². The lowest BCUT2D eigenvalue weighted by Gasteiger charge is -2.30. The number of carbonyl (C=O) groups excluding carboxylic acids is 1. The maximum atomic E-state index is 13.2. The number of benzene rings is 1. The molecule has 2 aliphatic rings. The van der Waals surface area contributed by atoms with Crippen molar-refractivity contribution in [1.29, 1.82) is 0 Å². The number of amides is 1. The number of nitrogens with one attached hydrogen (secondary N) is 1. The summed E-state index contributed by atoms with van der Waals surface area (Å²) in [4.78, 5) is 24.2. The topological polar surface area (TPSA) is 58.1 Å². The Bertz CT molecular complexity index is 761. The van der Waals surface area contributed by atoms with Crippen molar-refractivity contribution in [2.24, 2.45) is 0 Å². The van der Waals surface area contributed by atoms with E-state index in [1.807, 2.05) is 36.5 Å². The Morgan fingerprint density at radius 2 is 2.08 bits per heavy atom. The van der Waals surface area contributed by atoms with E-state index in [1.165, 1.54) is 12.8 Å². The first-order valence-electron chi connectivity index (χ1n) is 9.25. The van der Waals surface area contributed by atoms with Gasteiger partial charge in [0, 0.05) is 36.6 Å². The fourth-order valence-electron chi connectivity index (χ4n) is 3.84. The van der Waals surface area contributed by atoms with Crippen LogP contribution in [0, 0.1) is 0 Å². The van der Waals surface area contributed by atoms with Crippen LogP contribution < -0.4 is 5.32 Å². The molecule has 1 atom stereocenters. The van der Waals surface area contributed by atoms with E-state index in [1.54, 1.807) is 0 Å². The van der Waals surface area contributed by atoms with Crippen LogP contribution in [0.3, 0.4) is 0 Å². The van der Waals surface area contributed by atoms with E-state index in [0.29, 0.717) is 18.5 Å². The van der Waals surface area contributed by atoms with Crippen LogP contribution in [0.4, 0.5) is 5.95 Å². The minimum atomic E-state index is 0.172. The van der Waals surface area contributed by atoms with Crippen molar-refractivity contribution in [2.75, 3.05) is 11.9 Å². The molecule has 3 heterocycles. The fourth-order valence-corrected chi connectivity index (χ4v) is 3.84. The van der Waals surface area contributed by atoms with Gasteiger partial charge in [0.2, 0.25) is 5.95 Å². The van der Waals surface area contributed by atoms with E-state index >= 15 is 0 Å². The van der Waals surface area contributed by atoms with E-state index in [9.17, 15) is 4.79 Å². The second kappa shape index (κ2) is 7.21. The van der Waals surface area contributed by atoms with Gasteiger partial charge >= 0.3 is 0 Å². The van der Waals surface area contributed by atoms with Crippen LogP contribution in [0.2, 0.25) is 0 Å². The molecule has 25 heavy (non-hydrogen) atoms. The van der Waals surface area contributed by atoms with Crippen molar-refractivity contribution in [3.05, 3.63) is 53.3 Å². The van der Waals surface area contributed by atoms with Gasteiger partial charge in [-0.2, -0.15) is 0 Å². The standard InChI is InChI=1S/C20H24N4O/c25-19-16-6-4-5-15(13-16)14-22-20-21-11-10-17(23-20)8-9-18-7-2-1-3-12-24(18)19/h4-6,10-11,13,18H,1-3,7-9,12,14H2,(H,21,22,23). The van der Waals surface area contributed by atoms with E-state index in [2.05, 4.69) is 20.2 Å². The number of anilines is 1. The molecule has 1 aromatic carbocycles. The Morgan fingerprint density at radius 1 is 1.12 bits per heavy atom. The van der Waals surface area contributed by atoms with Gasteiger partial charge in [0.05, 0.1) is 0 Å². The highest BCUT2D eigenvalue weighted by Gasteiger charge is 2.26. The summed E-state index contributed by atoms with van der Waals surface area (Å²) in [6.45, 7) is 1.48. The van der Waals surface area contributed by atoms with Gasteiger partial charge in [0.25, 0.3) is 5.91 Å².